The van der Waals surface area contributed by atoms with E-state index in [1.165, 1.54) is 5.56 Å². The van der Waals surface area contributed by atoms with Gasteiger partial charge in [-0.3, -0.25) is 9.79 Å². The third-order valence-electron chi connectivity index (χ3n) is 4.32. The van der Waals surface area contributed by atoms with Crippen molar-refractivity contribution in [2.45, 2.75) is 33.2 Å². The second-order valence-corrected chi connectivity index (χ2v) is 6.35. The Balaban J connectivity index is 0.00000676. The van der Waals surface area contributed by atoms with E-state index in [1.54, 1.807) is 0 Å². The standard InChI is InChI=1S/C20H35N5O.HI/c1-6-21-20(22-15-14-19(26)25(7-2)8-3)23-16-18(24(4)5)17-12-10-9-11-13-17;/h9-13,18H,6-8,14-16H2,1-5H3,(H2,21,22,23);1H. The minimum Gasteiger partial charge on any atom is -0.357 e. The largest absolute Gasteiger partial charge is 0.357 e. The van der Waals surface area contributed by atoms with Crippen LogP contribution < -0.4 is 10.6 Å². The summed E-state index contributed by atoms with van der Waals surface area (Å²) >= 11 is 0. The monoisotopic (exact) mass is 489 g/mol. The highest BCUT2D eigenvalue weighted by Gasteiger charge is 2.14. The van der Waals surface area contributed by atoms with Crippen molar-refractivity contribution in [3.8, 4) is 0 Å². The van der Waals surface area contributed by atoms with Gasteiger partial charge in [0.2, 0.25) is 5.91 Å². The van der Waals surface area contributed by atoms with Crippen LogP contribution >= 0.6 is 24.0 Å². The Morgan fingerprint density at radius 1 is 1.07 bits per heavy atom. The number of hydrogen-bond donors (Lipinski definition) is 2. The Morgan fingerprint density at radius 2 is 1.70 bits per heavy atom. The van der Waals surface area contributed by atoms with E-state index >= 15 is 0 Å². The number of hydrogen-bond acceptors (Lipinski definition) is 3. The molecule has 0 aliphatic rings. The predicted molar refractivity (Wildman–Crippen MR) is 125 cm³/mol. The van der Waals surface area contributed by atoms with Crippen LogP contribution in [0.25, 0.3) is 0 Å². The summed E-state index contributed by atoms with van der Waals surface area (Å²) in [4.78, 5) is 20.8. The molecular weight excluding hydrogens is 453 g/mol. The van der Waals surface area contributed by atoms with Crippen molar-refractivity contribution in [2.75, 3.05) is 46.8 Å². The maximum absolute atomic E-state index is 12.1. The Kier molecular flexibility index (Phi) is 13.9. The molecule has 1 rings (SSSR count). The first kappa shape index (κ1) is 25.6. The van der Waals surface area contributed by atoms with E-state index in [1.807, 2.05) is 31.7 Å². The molecule has 6 nitrogen and oxygen atoms in total. The van der Waals surface area contributed by atoms with Gasteiger partial charge in [0.25, 0.3) is 0 Å². The smallest absolute Gasteiger partial charge is 0.224 e. The van der Waals surface area contributed by atoms with E-state index in [2.05, 4.69) is 53.9 Å². The number of nitrogens with zero attached hydrogens (tertiary/aromatic N) is 3. The first-order chi connectivity index (χ1) is 12.5. The molecule has 0 radical (unpaired) electrons. The van der Waals surface area contributed by atoms with E-state index < -0.39 is 0 Å². The molecule has 1 aromatic rings. The maximum atomic E-state index is 12.1. The SMILES string of the molecule is CCNC(=NCC(c1ccccc1)N(C)C)NCCC(=O)N(CC)CC.I. The lowest BCUT2D eigenvalue weighted by Crippen LogP contribution is -2.40. The molecule has 0 saturated heterocycles. The molecule has 1 atom stereocenters. The molecule has 0 heterocycles. The van der Waals surface area contributed by atoms with Gasteiger partial charge in [0.05, 0.1) is 12.6 Å². The number of rotatable bonds is 10. The average molecular weight is 489 g/mol. The van der Waals surface area contributed by atoms with Crippen LogP contribution in [0.3, 0.4) is 0 Å². The summed E-state index contributed by atoms with van der Waals surface area (Å²) < 4.78 is 0. The third-order valence-corrected chi connectivity index (χ3v) is 4.32. The zero-order valence-corrected chi connectivity index (χ0v) is 19.7. The predicted octanol–water partition coefficient (Wildman–Crippen LogP) is 2.72. The van der Waals surface area contributed by atoms with Crippen LogP contribution in [-0.4, -0.2) is 68.5 Å². The number of halogens is 1. The number of aliphatic imine (C=N–C) groups is 1. The fraction of sp³-hybridized carbons (Fsp3) is 0.600. The van der Waals surface area contributed by atoms with Crippen molar-refractivity contribution in [1.82, 2.24) is 20.4 Å². The molecule has 154 valence electrons. The van der Waals surface area contributed by atoms with E-state index in [0.29, 0.717) is 19.5 Å². The van der Waals surface area contributed by atoms with Crippen molar-refractivity contribution < 1.29 is 4.79 Å². The fourth-order valence-electron chi connectivity index (χ4n) is 2.78. The molecule has 1 unspecified atom stereocenters. The van der Waals surface area contributed by atoms with Gasteiger partial charge in [-0.1, -0.05) is 30.3 Å². The second kappa shape index (κ2) is 14.7. The number of carbonyl (C=O) groups is 1. The van der Waals surface area contributed by atoms with Crippen molar-refractivity contribution in [3.63, 3.8) is 0 Å². The number of likely N-dealkylation sites (N-methyl/N-ethyl adjacent to an activating group) is 1. The maximum Gasteiger partial charge on any atom is 0.224 e. The van der Waals surface area contributed by atoms with Crippen LogP contribution in [-0.2, 0) is 4.79 Å². The van der Waals surface area contributed by atoms with Crippen LogP contribution in [0, 0.1) is 0 Å². The van der Waals surface area contributed by atoms with Gasteiger partial charge in [0.15, 0.2) is 5.96 Å². The summed E-state index contributed by atoms with van der Waals surface area (Å²) in [7, 11) is 4.13. The molecule has 1 aromatic carbocycles. The molecule has 0 aliphatic heterocycles. The van der Waals surface area contributed by atoms with E-state index in [4.69, 9.17) is 4.99 Å². The Morgan fingerprint density at radius 3 is 2.22 bits per heavy atom. The van der Waals surface area contributed by atoms with Crippen molar-refractivity contribution >= 4 is 35.8 Å². The number of guanidine groups is 1. The number of carbonyl (C=O) groups excluding carboxylic acids is 1. The first-order valence-electron chi connectivity index (χ1n) is 9.54. The number of amides is 1. The minimum absolute atomic E-state index is 0. The van der Waals surface area contributed by atoms with Gasteiger partial charge in [0, 0.05) is 32.6 Å². The average Bonchev–Trinajstić information content (AvgIpc) is 2.63. The lowest BCUT2D eigenvalue weighted by molar-refractivity contribution is -0.130. The number of benzene rings is 1. The van der Waals surface area contributed by atoms with Crippen LogP contribution in [0.4, 0.5) is 0 Å². The van der Waals surface area contributed by atoms with Crippen LogP contribution in [0.2, 0.25) is 0 Å². The molecule has 0 aliphatic carbocycles. The van der Waals surface area contributed by atoms with Crippen LogP contribution in [0.1, 0.15) is 38.8 Å². The topological polar surface area (TPSA) is 60.0 Å². The summed E-state index contributed by atoms with van der Waals surface area (Å²) in [6.45, 7) is 9.58. The third kappa shape index (κ3) is 9.41. The number of nitrogens with one attached hydrogen (secondary N) is 2. The zero-order valence-electron chi connectivity index (χ0n) is 17.4. The van der Waals surface area contributed by atoms with Crippen LogP contribution in [0.5, 0.6) is 0 Å². The van der Waals surface area contributed by atoms with Crippen molar-refractivity contribution in [1.29, 1.82) is 0 Å². The molecule has 2 N–H and O–H groups in total. The highest BCUT2D eigenvalue weighted by atomic mass is 127. The molecule has 7 heteroatoms. The Hall–Kier alpha value is -1.35. The van der Waals surface area contributed by atoms with Crippen molar-refractivity contribution in [2.24, 2.45) is 4.99 Å². The lowest BCUT2D eigenvalue weighted by Gasteiger charge is -2.24. The van der Waals surface area contributed by atoms with Gasteiger partial charge < -0.3 is 20.4 Å². The molecular formula is C20H36IN5O. The van der Waals surface area contributed by atoms with Crippen LogP contribution in [0.15, 0.2) is 35.3 Å². The summed E-state index contributed by atoms with van der Waals surface area (Å²) in [5.74, 6) is 0.927. The highest BCUT2D eigenvalue weighted by molar-refractivity contribution is 14.0. The van der Waals surface area contributed by atoms with Gasteiger partial charge >= 0.3 is 0 Å². The molecule has 0 spiro atoms. The second-order valence-electron chi connectivity index (χ2n) is 6.35. The normalized spacial score (nSPS) is 12.3. The summed E-state index contributed by atoms with van der Waals surface area (Å²) in [6.07, 6.45) is 0.474. The van der Waals surface area contributed by atoms with Gasteiger partial charge in [-0.05, 0) is 40.4 Å². The molecule has 0 saturated carbocycles. The summed E-state index contributed by atoms with van der Waals surface area (Å²) in [6, 6.07) is 10.6. The van der Waals surface area contributed by atoms with E-state index in [-0.39, 0.29) is 35.9 Å². The highest BCUT2D eigenvalue weighted by Crippen LogP contribution is 2.17. The van der Waals surface area contributed by atoms with Gasteiger partial charge in [-0.2, -0.15) is 0 Å². The van der Waals surface area contributed by atoms with Crippen molar-refractivity contribution in [3.05, 3.63) is 35.9 Å². The molecule has 0 fully saturated rings. The first-order valence-corrected chi connectivity index (χ1v) is 9.54. The lowest BCUT2D eigenvalue weighted by atomic mass is 10.1. The molecule has 0 bridgehead atoms. The zero-order chi connectivity index (χ0) is 19.4. The molecule has 27 heavy (non-hydrogen) atoms. The minimum atomic E-state index is 0. The Labute approximate surface area is 181 Å². The molecule has 1 amide bonds. The fourth-order valence-corrected chi connectivity index (χ4v) is 2.78. The van der Waals surface area contributed by atoms with Gasteiger partial charge in [0.1, 0.15) is 0 Å². The summed E-state index contributed by atoms with van der Waals surface area (Å²) in [5.41, 5.74) is 1.24. The molecule has 0 aromatic heterocycles. The van der Waals surface area contributed by atoms with Gasteiger partial charge in [-0.25, -0.2) is 0 Å². The summed E-state index contributed by atoms with van der Waals surface area (Å²) in [5, 5.41) is 6.53. The van der Waals surface area contributed by atoms with E-state index in [0.717, 1.165) is 25.6 Å². The quantitative estimate of drug-likeness (QED) is 0.302. The Bertz CT molecular complexity index is 547. The van der Waals surface area contributed by atoms with Gasteiger partial charge in [-0.15, -0.1) is 24.0 Å². The van der Waals surface area contributed by atoms with E-state index in [9.17, 15) is 4.79 Å².